The zero-order chi connectivity index (χ0) is 23.7. The largest absolute Gasteiger partial charge is 0.325 e. The van der Waals surface area contributed by atoms with Gasteiger partial charge in [0.15, 0.2) is 0 Å². The van der Waals surface area contributed by atoms with Gasteiger partial charge in [-0.1, -0.05) is 60.7 Å². The van der Waals surface area contributed by atoms with Gasteiger partial charge in [0.05, 0.1) is 11.6 Å². The summed E-state index contributed by atoms with van der Waals surface area (Å²) in [7, 11) is -3.62. The second kappa shape index (κ2) is 9.17. The fourth-order valence-electron chi connectivity index (χ4n) is 4.49. The summed E-state index contributed by atoms with van der Waals surface area (Å²) in [6, 6.07) is 21.4. The van der Waals surface area contributed by atoms with E-state index in [9.17, 15) is 18.0 Å². The highest BCUT2D eigenvalue weighted by atomic mass is 32.2. The van der Waals surface area contributed by atoms with E-state index < -0.39 is 22.1 Å². The number of rotatable bonds is 6. The summed E-state index contributed by atoms with van der Waals surface area (Å²) in [6.45, 7) is 1.62. The Hall–Kier alpha value is -3.27. The van der Waals surface area contributed by atoms with Crippen LogP contribution in [0.2, 0.25) is 0 Å². The molecule has 0 aliphatic carbocycles. The van der Waals surface area contributed by atoms with Crippen LogP contribution in [0, 0.1) is 0 Å². The number of hydrogen-bond acceptors (Lipinski definition) is 5. The molecule has 0 aromatic heterocycles. The van der Waals surface area contributed by atoms with Crippen molar-refractivity contribution in [2.75, 3.05) is 32.8 Å². The van der Waals surface area contributed by atoms with Crippen molar-refractivity contribution in [1.29, 1.82) is 0 Å². The highest BCUT2D eigenvalue weighted by Gasteiger charge is 2.39. The fraction of sp³-hybridized carbons (Fsp3) is 0.280. The number of urea groups is 1. The predicted molar refractivity (Wildman–Crippen MR) is 128 cm³/mol. The van der Waals surface area contributed by atoms with Gasteiger partial charge in [0, 0.05) is 32.6 Å². The van der Waals surface area contributed by atoms with Crippen LogP contribution in [-0.4, -0.2) is 73.4 Å². The van der Waals surface area contributed by atoms with Crippen LogP contribution < -0.4 is 5.32 Å². The van der Waals surface area contributed by atoms with Crippen LogP contribution in [-0.2, 0) is 21.2 Å². The summed E-state index contributed by atoms with van der Waals surface area (Å²) >= 11 is 0. The smallest absolute Gasteiger partial charge is 0.325 e. The molecular formula is C25H26N4O4S. The van der Waals surface area contributed by atoms with Gasteiger partial charge in [-0.05, 0) is 28.5 Å². The van der Waals surface area contributed by atoms with Crippen LogP contribution in [0.5, 0.6) is 0 Å². The number of amides is 3. The lowest BCUT2D eigenvalue weighted by Gasteiger charge is -2.35. The molecule has 3 amide bonds. The van der Waals surface area contributed by atoms with Crippen LogP contribution in [0.4, 0.5) is 4.79 Å². The van der Waals surface area contributed by atoms with Gasteiger partial charge in [-0.2, -0.15) is 4.31 Å². The van der Waals surface area contributed by atoms with Crippen molar-refractivity contribution in [2.45, 2.75) is 17.4 Å². The molecule has 5 rings (SSSR count). The minimum absolute atomic E-state index is 0.153. The first kappa shape index (κ1) is 22.5. The van der Waals surface area contributed by atoms with Crippen molar-refractivity contribution < 1.29 is 18.0 Å². The van der Waals surface area contributed by atoms with Crippen LogP contribution in [0.15, 0.2) is 77.7 Å². The molecule has 3 aromatic carbocycles. The zero-order valence-electron chi connectivity index (χ0n) is 18.6. The van der Waals surface area contributed by atoms with E-state index in [0.717, 1.165) is 16.3 Å². The van der Waals surface area contributed by atoms with Gasteiger partial charge in [0.25, 0.3) is 5.91 Å². The Kier molecular flexibility index (Phi) is 6.07. The lowest BCUT2D eigenvalue weighted by atomic mass is 10.1. The number of imide groups is 1. The molecule has 2 saturated heterocycles. The number of benzene rings is 3. The number of carbonyl (C=O) groups is 2. The SMILES string of the molecule is O=C1N[C@H](Cc2ccccc2)C(=O)N1CN1CCN(S(=O)(=O)c2ccc3ccccc3c2)CC1. The Morgan fingerprint density at radius 2 is 1.50 bits per heavy atom. The quantitative estimate of drug-likeness (QED) is 0.549. The molecule has 34 heavy (non-hydrogen) atoms. The van der Waals surface area contributed by atoms with Crippen molar-refractivity contribution in [3.63, 3.8) is 0 Å². The van der Waals surface area contributed by atoms with Crippen molar-refractivity contribution in [3.05, 3.63) is 78.4 Å². The summed E-state index contributed by atoms with van der Waals surface area (Å²) in [6.07, 6.45) is 0.444. The lowest BCUT2D eigenvalue weighted by molar-refractivity contribution is -0.129. The van der Waals surface area contributed by atoms with Crippen molar-refractivity contribution in [2.24, 2.45) is 0 Å². The number of fused-ring (bicyclic) bond motifs is 1. The molecule has 3 aromatic rings. The molecule has 2 fully saturated rings. The summed E-state index contributed by atoms with van der Waals surface area (Å²) in [5.41, 5.74) is 0.982. The molecule has 0 bridgehead atoms. The summed E-state index contributed by atoms with van der Waals surface area (Å²) in [5.74, 6) is -0.250. The third kappa shape index (κ3) is 4.42. The Bertz CT molecular complexity index is 1320. The predicted octanol–water partition coefficient (Wildman–Crippen LogP) is 2.27. The maximum atomic E-state index is 13.2. The highest BCUT2D eigenvalue weighted by molar-refractivity contribution is 7.89. The maximum Gasteiger partial charge on any atom is 0.325 e. The topological polar surface area (TPSA) is 90.0 Å². The van der Waals surface area contributed by atoms with Gasteiger partial charge < -0.3 is 5.32 Å². The van der Waals surface area contributed by atoms with Gasteiger partial charge in [0.2, 0.25) is 10.0 Å². The summed E-state index contributed by atoms with van der Waals surface area (Å²) in [5, 5.41) is 4.64. The van der Waals surface area contributed by atoms with E-state index in [0.29, 0.717) is 32.6 Å². The molecule has 0 radical (unpaired) electrons. The first-order valence-electron chi connectivity index (χ1n) is 11.3. The first-order valence-corrected chi connectivity index (χ1v) is 12.7. The standard InChI is InChI=1S/C25H26N4O4S/c30-24-23(16-19-6-2-1-3-7-19)26-25(31)29(24)18-27-12-14-28(15-13-27)34(32,33)22-11-10-20-8-4-5-9-21(20)17-22/h1-11,17,23H,12-16,18H2,(H,26,31)/t23-/m1/s1. The number of sulfonamides is 1. The second-order valence-electron chi connectivity index (χ2n) is 8.63. The monoisotopic (exact) mass is 478 g/mol. The highest BCUT2D eigenvalue weighted by Crippen LogP contribution is 2.23. The third-order valence-electron chi connectivity index (χ3n) is 6.42. The Labute approximate surface area is 198 Å². The van der Waals surface area contributed by atoms with Crippen LogP contribution in [0.1, 0.15) is 5.56 Å². The van der Waals surface area contributed by atoms with Crippen molar-refractivity contribution >= 4 is 32.7 Å². The van der Waals surface area contributed by atoms with Crippen molar-refractivity contribution in [3.8, 4) is 0 Å². The van der Waals surface area contributed by atoms with Crippen LogP contribution in [0.25, 0.3) is 10.8 Å². The number of hydrogen-bond donors (Lipinski definition) is 1. The molecule has 1 N–H and O–H groups in total. The van der Waals surface area contributed by atoms with Gasteiger partial charge in [-0.25, -0.2) is 18.1 Å². The normalized spacial score (nSPS) is 20.1. The lowest BCUT2D eigenvalue weighted by Crippen LogP contribution is -2.52. The van der Waals surface area contributed by atoms with Crippen LogP contribution in [0.3, 0.4) is 0 Å². The minimum atomic E-state index is -3.62. The van der Waals surface area contributed by atoms with Gasteiger partial charge in [-0.3, -0.25) is 9.69 Å². The molecule has 0 spiro atoms. The van der Waals surface area contributed by atoms with E-state index in [-0.39, 0.29) is 17.5 Å². The van der Waals surface area contributed by atoms with E-state index in [4.69, 9.17) is 0 Å². The number of nitrogens with zero attached hydrogens (tertiary/aromatic N) is 3. The van der Waals surface area contributed by atoms with Crippen molar-refractivity contribution in [1.82, 2.24) is 19.4 Å². The van der Waals surface area contributed by atoms with E-state index in [2.05, 4.69) is 5.32 Å². The molecule has 176 valence electrons. The number of nitrogens with one attached hydrogen (secondary N) is 1. The second-order valence-corrected chi connectivity index (χ2v) is 10.6. The fourth-order valence-corrected chi connectivity index (χ4v) is 5.95. The average Bonchev–Trinajstić information content (AvgIpc) is 3.12. The third-order valence-corrected chi connectivity index (χ3v) is 8.32. The molecule has 1 atom stereocenters. The molecule has 2 aliphatic heterocycles. The van der Waals surface area contributed by atoms with Gasteiger partial charge in [0.1, 0.15) is 6.04 Å². The summed E-state index contributed by atoms with van der Waals surface area (Å²) < 4.78 is 27.8. The van der Waals surface area contributed by atoms with E-state index in [1.165, 1.54) is 9.21 Å². The van der Waals surface area contributed by atoms with E-state index >= 15 is 0 Å². The molecule has 9 heteroatoms. The Morgan fingerprint density at radius 3 is 2.24 bits per heavy atom. The average molecular weight is 479 g/mol. The zero-order valence-corrected chi connectivity index (χ0v) is 19.4. The molecule has 0 saturated carbocycles. The van der Waals surface area contributed by atoms with E-state index in [1.807, 2.05) is 65.6 Å². The minimum Gasteiger partial charge on any atom is -0.325 e. The molecule has 8 nitrogen and oxygen atoms in total. The molecule has 2 heterocycles. The Balaban J connectivity index is 1.20. The van der Waals surface area contributed by atoms with E-state index in [1.54, 1.807) is 12.1 Å². The number of carbonyl (C=O) groups excluding carboxylic acids is 2. The molecule has 0 unspecified atom stereocenters. The van der Waals surface area contributed by atoms with Crippen LogP contribution >= 0.6 is 0 Å². The number of piperazine rings is 1. The van der Waals surface area contributed by atoms with Gasteiger partial charge in [-0.15, -0.1) is 0 Å². The van der Waals surface area contributed by atoms with Gasteiger partial charge >= 0.3 is 6.03 Å². The Morgan fingerprint density at radius 1 is 0.824 bits per heavy atom. The molecular weight excluding hydrogens is 452 g/mol. The maximum absolute atomic E-state index is 13.2. The first-order chi connectivity index (χ1) is 16.4. The molecule has 2 aliphatic rings. The summed E-state index contributed by atoms with van der Waals surface area (Å²) in [4.78, 5) is 28.7.